The van der Waals surface area contributed by atoms with Crippen molar-refractivity contribution < 1.29 is 4.42 Å². The van der Waals surface area contributed by atoms with Gasteiger partial charge in [-0.1, -0.05) is 12.1 Å². The van der Waals surface area contributed by atoms with Crippen molar-refractivity contribution in [3.05, 3.63) is 54.4 Å². The molecule has 1 atom stereocenters. The van der Waals surface area contributed by atoms with Gasteiger partial charge in [0, 0.05) is 30.3 Å². The maximum absolute atomic E-state index is 5.72. The minimum absolute atomic E-state index is 0.363. The van der Waals surface area contributed by atoms with Gasteiger partial charge in [-0.05, 0) is 31.2 Å². The number of aryl methyl sites for hydroxylation is 1. The second-order valence-corrected chi connectivity index (χ2v) is 6.27. The lowest BCUT2D eigenvalue weighted by Crippen LogP contribution is -1.95. The topological polar surface area (TPSA) is 51.8 Å². The molecule has 0 aliphatic rings. The lowest BCUT2D eigenvalue weighted by Gasteiger charge is -2.09. The van der Waals surface area contributed by atoms with Crippen LogP contribution >= 0.6 is 11.8 Å². The van der Waals surface area contributed by atoms with Crippen molar-refractivity contribution in [2.75, 3.05) is 5.75 Å². The molecular weight excluding hydrogens is 282 g/mol. The molecule has 0 bridgehead atoms. The third kappa shape index (κ3) is 3.61. The molecule has 1 aromatic carbocycles. The quantitative estimate of drug-likeness (QED) is 0.643. The van der Waals surface area contributed by atoms with Crippen molar-refractivity contribution in [1.29, 1.82) is 0 Å². The summed E-state index contributed by atoms with van der Waals surface area (Å²) < 4.78 is 5.72. The van der Waals surface area contributed by atoms with Gasteiger partial charge in [0.2, 0.25) is 0 Å². The number of benzene rings is 1. The van der Waals surface area contributed by atoms with Crippen molar-refractivity contribution in [1.82, 2.24) is 15.0 Å². The summed E-state index contributed by atoms with van der Waals surface area (Å²) in [5.41, 5.74) is 2.84. The van der Waals surface area contributed by atoms with Gasteiger partial charge < -0.3 is 4.42 Å². The minimum atomic E-state index is 0.363. The molecule has 0 saturated heterocycles. The number of hydrogen-bond donors (Lipinski definition) is 0. The van der Waals surface area contributed by atoms with E-state index < -0.39 is 0 Å². The van der Waals surface area contributed by atoms with Gasteiger partial charge in [0.1, 0.15) is 5.52 Å². The average Bonchev–Trinajstić information content (AvgIpc) is 2.95. The van der Waals surface area contributed by atoms with Crippen LogP contribution in [0.5, 0.6) is 0 Å². The molecule has 3 rings (SSSR count). The number of thioether (sulfide) groups is 1. The van der Waals surface area contributed by atoms with Crippen LogP contribution in [0.1, 0.15) is 30.2 Å². The van der Waals surface area contributed by atoms with Gasteiger partial charge in [0.05, 0.1) is 5.69 Å². The van der Waals surface area contributed by atoms with Crippen molar-refractivity contribution >= 4 is 22.9 Å². The number of aromatic nitrogens is 3. The smallest absolute Gasteiger partial charge is 0.195 e. The molecule has 0 saturated carbocycles. The lowest BCUT2D eigenvalue weighted by atomic mass is 10.3. The second-order valence-electron chi connectivity index (χ2n) is 4.82. The number of hydrogen-bond acceptors (Lipinski definition) is 5. The van der Waals surface area contributed by atoms with Crippen LogP contribution in [-0.2, 0) is 6.42 Å². The molecule has 0 fully saturated rings. The lowest BCUT2D eigenvalue weighted by molar-refractivity contribution is 0.526. The van der Waals surface area contributed by atoms with Gasteiger partial charge in [-0.25, -0.2) is 4.98 Å². The molecule has 21 heavy (non-hydrogen) atoms. The predicted octanol–water partition coefficient (Wildman–Crippen LogP) is 4.04. The highest BCUT2D eigenvalue weighted by Crippen LogP contribution is 2.27. The summed E-state index contributed by atoms with van der Waals surface area (Å²) in [5, 5.41) is 0.363. The fourth-order valence-corrected chi connectivity index (χ4v) is 3.07. The van der Waals surface area contributed by atoms with Crippen molar-refractivity contribution in [2.24, 2.45) is 0 Å². The van der Waals surface area contributed by atoms with Crippen LogP contribution in [-0.4, -0.2) is 20.7 Å². The van der Waals surface area contributed by atoms with Crippen LogP contribution in [0.2, 0.25) is 0 Å². The Hall–Kier alpha value is -1.88. The summed E-state index contributed by atoms with van der Waals surface area (Å²) in [4.78, 5) is 12.9. The Bertz CT molecular complexity index is 666. The van der Waals surface area contributed by atoms with Crippen LogP contribution in [0.4, 0.5) is 0 Å². The van der Waals surface area contributed by atoms with Gasteiger partial charge >= 0.3 is 0 Å². The zero-order valence-electron chi connectivity index (χ0n) is 11.9. The summed E-state index contributed by atoms with van der Waals surface area (Å²) in [6, 6.07) is 7.88. The summed E-state index contributed by atoms with van der Waals surface area (Å²) in [5.74, 6) is 1.88. The Kier molecular flexibility index (Phi) is 4.50. The van der Waals surface area contributed by atoms with E-state index in [2.05, 4.69) is 21.9 Å². The third-order valence-electron chi connectivity index (χ3n) is 3.24. The molecule has 0 spiro atoms. The summed E-state index contributed by atoms with van der Waals surface area (Å²) in [6.45, 7) is 2.16. The van der Waals surface area contributed by atoms with Crippen molar-refractivity contribution in [3.8, 4) is 0 Å². The van der Waals surface area contributed by atoms with Gasteiger partial charge in [-0.3, -0.25) is 9.97 Å². The Morgan fingerprint density at radius 3 is 2.95 bits per heavy atom. The van der Waals surface area contributed by atoms with E-state index in [1.54, 1.807) is 12.4 Å². The molecule has 0 amide bonds. The Morgan fingerprint density at radius 1 is 1.24 bits per heavy atom. The van der Waals surface area contributed by atoms with Crippen LogP contribution in [0, 0.1) is 0 Å². The van der Waals surface area contributed by atoms with Crippen LogP contribution < -0.4 is 0 Å². The van der Waals surface area contributed by atoms with E-state index >= 15 is 0 Å². The Morgan fingerprint density at radius 2 is 2.14 bits per heavy atom. The maximum atomic E-state index is 5.72. The molecule has 3 aromatic rings. The van der Waals surface area contributed by atoms with E-state index in [1.807, 2.05) is 42.2 Å². The minimum Gasteiger partial charge on any atom is -0.441 e. The van der Waals surface area contributed by atoms with E-state index in [9.17, 15) is 0 Å². The van der Waals surface area contributed by atoms with E-state index in [1.165, 1.54) is 0 Å². The molecule has 0 aliphatic heterocycles. The highest BCUT2D eigenvalue weighted by Gasteiger charge is 2.08. The summed E-state index contributed by atoms with van der Waals surface area (Å²) in [6.07, 6.45) is 7.19. The molecular formula is C16H17N3OS. The highest BCUT2D eigenvalue weighted by molar-refractivity contribution is 7.99. The number of para-hydroxylation sites is 2. The fourth-order valence-electron chi connectivity index (χ4n) is 2.12. The molecule has 2 aromatic heterocycles. The zero-order valence-corrected chi connectivity index (χ0v) is 12.7. The van der Waals surface area contributed by atoms with Gasteiger partial charge in [0.15, 0.2) is 11.5 Å². The molecule has 0 radical (unpaired) electrons. The maximum Gasteiger partial charge on any atom is 0.195 e. The third-order valence-corrected chi connectivity index (χ3v) is 4.51. The van der Waals surface area contributed by atoms with Gasteiger partial charge in [-0.15, -0.1) is 0 Å². The molecule has 2 heterocycles. The second kappa shape index (κ2) is 6.72. The van der Waals surface area contributed by atoms with Crippen molar-refractivity contribution in [3.63, 3.8) is 0 Å². The predicted molar refractivity (Wildman–Crippen MR) is 85.2 cm³/mol. The largest absolute Gasteiger partial charge is 0.441 e. The SMILES string of the molecule is C[C@H](SCCCc1nc2ccccc2o1)c1cnccn1. The number of rotatable bonds is 6. The average molecular weight is 299 g/mol. The van der Waals surface area contributed by atoms with Crippen molar-refractivity contribution in [2.45, 2.75) is 25.0 Å². The standard InChI is InChI=1S/C16H17N3OS/c1-12(14-11-17-8-9-18-14)21-10-4-7-16-19-13-5-2-3-6-15(13)20-16/h2-3,5-6,8-9,11-12H,4,7,10H2,1H3/t12-/m0/s1. The summed E-state index contributed by atoms with van der Waals surface area (Å²) in [7, 11) is 0. The van der Waals surface area contributed by atoms with Crippen LogP contribution in [0.15, 0.2) is 47.3 Å². The first-order valence-corrected chi connectivity index (χ1v) is 8.10. The molecule has 0 N–H and O–H groups in total. The first kappa shape index (κ1) is 14.1. The number of oxazole rings is 1. The number of nitrogens with zero attached hydrogens (tertiary/aromatic N) is 3. The Balaban J connectivity index is 1.48. The first-order valence-electron chi connectivity index (χ1n) is 7.05. The van der Waals surface area contributed by atoms with E-state index in [0.717, 1.165) is 41.3 Å². The van der Waals surface area contributed by atoms with E-state index in [0.29, 0.717) is 5.25 Å². The summed E-state index contributed by atoms with van der Waals surface area (Å²) >= 11 is 1.88. The molecule has 108 valence electrons. The molecule has 5 heteroatoms. The van der Waals surface area contributed by atoms with Gasteiger partial charge in [0.25, 0.3) is 0 Å². The number of fused-ring (bicyclic) bond motifs is 1. The van der Waals surface area contributed by atoms with Gasteiger partial charge in [-0.2, -0.15) is 11.8 Å². The molecule has 4 nitrogen and oxygen atoms in total. The monoisotopic (exact) mass is 299 g/mol. The fraction of sp³-hybridized carbons (Fsp3) is 0.312. The van der Waals surface area contributed by atoms with E-state index in [-0.39, 0.29) is 0 Å². The highest BCUT2D eigenvalue weighted by atomic mass is 32.2. The first-order chi connectivity index (χ1) is 10.3. The van der Waals surface area contributed by atoms with Crippen LogP contribution in [0.3, 0.4) is 0 Å². The zero-order chi connectivity index (χ0) is 14.5. The van der Waals surface area contributed by atoms with E-state index in [4.69, 9.17) is 4.42 Å². The molecule has 0 aliphatic carbocycles. The normalized spacial score (nSPS) is 12.6. The molecule has 0 unspecified atom stereocenters. The van der Waals surface area contributed by atoms with Crippen LogP contribution in [0.25, 0.3) is 11.1 Å². The Labute approximate surface area is 128 Å².